The maximum Gasteiger partial charge on any atom is 0.414 e. The van der Waals surface area contributed by atoms with Gasteiger partial charge in [-0.1, -0.05) is 12.1 Å². The zero-order valence-electron chi connectivity index (χ0n) is 13.4. The first-order valence-electron chi connectivity index (χ1n) is 8.01. The van der Waals surface area contributed by atoms with E-state index in [1.165, 1.54) is 4.90 Å². The smallest absolute Gasteiger partial charge is 0.414 e. The molecule has 0 saturated carbocycles. The highest BCUT2D eigenvalue weighted by atomic mass is 16.7. The molecule has 2 aromatic carbocycles. The van der Waals surface area contributed by atoms with E-state index in [0.29, 0.717) is 34.9 Å². The van der Waals surface area contributed by atoms with Crippen LogP contribution in [-0.2, 0) is 4.74 Å². The Bertz CT molecular complexity index is 951. The number of ether oxygens (including phenoxy) is 3. The molecule has 130 valence electrons. The van der Waals surface area contributed by atoms with Gasteiger partial charge >= 0.3 is 6.09 Å². The first-order valence-corrected chi connectivity index (χ1v) is 8.01. The fraction of sp³-hybridized carbons (Fsp3) is 0.167. The number of cyclic esters (lactones) is 1. The van der Waals surface area contributed by atoms with Gasteiger partial charge in [-0.3, -0.25) is 14.5 Å². The van der Waals surface area contributed by atoms with Crippen molar-refractivity contribution in [2.24, 2.45) is 0 Å². The van der Waals surface area contributed by atoms with E-state index >= 15 is 0 Å². The summed E-state index contributed by atoms with van der Waals surface area (Å²) in [4.78, 5) is 40.2. The Labute approximate surface area is 147 Å². The number of fused-ring (bicyclic) bond motifs is 2. The number of nitrogens with zero attached hydrogens (tertiary/aromatic N) is 2. The van der Waals surface area contributed by atoms with Crippen LogP contribution in [0.2, 0.25) is 0 Å². The van der Waals surface area contributed by atoms with Gasteiger partial charge in [0.25, 0.3) is 11.8 Å². The second kappa shape index (κ2) is 5.22. The number of carbonyl (C=O) groups is 3. The molecular weight excluding hydrogens is 340 g/mol. The fourth-order valence-corrected chi connectivity index (χ4v) is 3.34. The van der Waals surface area contributed by atoms with E-state index in [0.717, 1.165) is 4.90 Å². The first kappa shape index (κ1) is 14.8. The summed E-state index contributed by atoms with van der Waals surface area (Å²) in [5.74, 6) is -0.0375. The number of carbonyl (C=O) groups excluding carboxylic acids is 3. The molecule has 0 aromatic heterocycles. The van der Waals surface area contributed by atoms with Gasteiger partial charge in [0.05, 0.1) is 29.0 Å². The van der Waals surface area contributed by atoms with Crippen LogP contribution in [0, 0.1) is 0 Å². The Morgan fingerprint density at radius 3 is 2.00 bits per heavy atom. The van der Waals surface area contributed by atoms with E-state index < -0.39 is 17.9 Å². The first-order chi connectivity index (χ1) is 12.6. The van der Waals surface area contributed by atoms with Crippen LogP contribution in [0.3, 0.4) is 0 Å². The van der Waals surface area contributed by atoms with E-state index in [-0.39, 0.29) is 19.1 Å². The number of rotatable bonds is 2. The van der Waals surface area contributed by atoms with Gasteiger partial charge < -0.3 is 14.2 Å². The summed E-state index contributed by atoms with van der Waals surface area (Å²) in [6.07, 6.45) is -0.540. The van der Waals surface area contributed by atoms with Gasteiger partial charge in [0.1, 0.15) is 6.61 Å². The van der Waals surface area contributed by atoms with E-state index in [9.17, 15) is 14.4 Å². The van der Waals surface area contributed by atoms with Crippen LogP contribution in [0.1, 0.15) is 20.7 Å². The lowest BCUT2D eigenvalue weighted by atomic mass is 10.1. The minimum atomic E-state index is -0.540. The average Bonchev–Trinajstić information content (AvgIpc) is 3.34. The Balaban J connectivity index is 1.69. The van der Waals surface area contributed by atoms with Crippen molar-refractivity contribution in [2.75, 3.05) is 29.7 Å². The van der Waals surface area contributed by atoms with Crippen molar-refractivity contribution < 1.29 is 28.6 Å². The van der Waals surface area contributed by atoms with Crippen molar-refractivity contribution in [3.63, 3.8) is 0 Å². The van der Waals surface area contributed by atoms with E-state index in [4.69, 9.17) is 14.2 Å². The summed E-state index contributed by atoms with van der Waals surface area (Å²) in [7, 11) is 0. The SMILES string of the molecule is O=C1OCCN1c1cc2c(cc1N1C(=O)c3ccccc3C1=O)OCO2. The summed E-state index contributed by atoms with van der Waals surface area (Å²) < 4.78 is 15.8. The number of benzene rings is 2. The number of hydrogen-bond donors (Lipinski definition) is 0. The quantitative estimate of drug-likeness (QED) is 0.770. The lowest BCUT2D eigenvalue weighted by Gasteiger charge is -2.23. The van der Waals surface area contributed by atoms with E-state index in [1.54, 1.807) is 36.4 Å². The van der Waals surface area contributed by atoms with Crippen LogP contribution < -0.4 is 19.3 Å². The largest absolute Gasteiger partial charge is 0.454 e. The Hall–Kier alpha value is -3.55. The Morgan fingerprint density at radius 1 is 0.808 bits per heavy atom. The molecule has 0 atom stereocenters. The zero-order valence-corrected chi connectivity index (χ0v) is 13.4. The molecule has 1 saturated heterocycles. The van der Waals surface area contributed by atoms with Crippen molar-refractivity contribution in [3.8, 4) is 11.5 Å². The predicted octanol–water partition coefficient (Wildman–Crippen LogP) is 2.17. The molecule has 3 amide bonds. The molecule has 8 nitrogen and oxygen atoms in total. The lowest BCUT2D eigenvalue weighted by molar-refractivity contribution is 0.0926. The fourth-order valence-electron chi connectivity index (χ4n) is 3.34. The zero-order chi connectivity index (χ0) is 17.8. The molecule has 5 rings (SSSR count). The highest BCUT2D eigenvalue weighted by molar-refractivity contribution is 6.35. The highest BCUT2D eigenvalue weighted by Crippen LogP contribution is 2.45. The van der Waals surface area contributed by atoms with Crippen molar-refractivity contribution in [1.29, 1.82) is 0 Å². The van der Waals surface area contributed by atoms with Crippen molar-refractivity contribution in [1.82, 2.24) is 0 Å². The minimum Gasteiger partial charge on any atom is -0.454 e. The van der Waals surface area contributed by atoms with Gasteiger partial charge in [0.15, 0.2) is 11.5 Å². The molecule has 3 heterocycles. The Kier molecular flexibility index (Phi) is 2.96. The Morgan fingerprint density at radius 2 is 1.42 bits per heavy atom. The second-order valence-corrected chi connectivity index (χ2v) is 5.95. The van der Waals surface area contributed by atoms with Crippen LogP contribution in [0.4, 0.5) is 16.2 Å². The van der Waals surface area contributed by atoms with Gasteiger partial charge in [0.2, 0.25) is 6.79 Å². The maximum absolute atomic E-state index is 12.9. The van der Waals surface area contributed by atoms with E-state index in [1.807, 2.05) is 0 Å². The number of anilines is 2. The normalized spacial score (nSPS) is 17.8. The predicted molar refractivity (Wildman–Crippen MR) is 88.8 cm³/mol. The molecule has 0 unspecified atom stereocenters. The number of amides is 3. The molecule has 2 aromatic rings. The number of hydrogen-bond acceptors (Lipinski definition) is 6. The molecule has 26 heavy (non-hydrogen) atoms. The van der Waals surface area contributed by atoms with Crippen LogP contribution in [0.25, 0.3) is 0 Å². The summed E-state index contributed by atoms with van der Waals surface area (Å²) >= 11 is 0. The van der Waals surface area contributed by atoms with Crippen molar-refractivity contribution in [3.05, 3.63) is 47.5 Å². The average molecular weight is 352 g/mol. The second-order valence-electron chi connectivity index (χ2n) is 5.95. The molecule has 3 aliphatic rings. The lowest BCUT2D eigenvalue weighted by Crippen LogP contribution is -2.33. The molecular formula is C18H12N2O6. The molecule has 0 bridgehead atoms. The summed E-state index contributed by atoms with van der Waals surface area (Å²) in [5, 5.41) is 0. The van der Waals surface area contributed by atoms with Gasteiger partial charge in [-0.05, 0) is 12.1 Å². The van der Waals surface area contributed by atoms with Gasteiger partial charge in [-0.15, -0.1) is 0 Å². The summed E-state index contributed by atoms with van der Waals surface area (Å²) in [6.45, 7) is 0.578. The molecule has 0 spiro atoms. The summed E-state index contributed by atoms with van der Waals surface area (Å²) in [5.41, 5.74) is 1.28. The highest BCUT2D eigenvalue weighted by Gasteiger charge is 2.40. The van der Waals surface area contributed by atoms with Crippen LogP contribution in [0.5, 0.6) is 11.5 Å². The third kappa shape index (κ3) is 1.92. The number of imide groups is 1. The van der Waals surface area contributed by atoms with Gasteiger partial charge in [0, 0.05) is 12.1 Å². The topological polar surface area (TPSA) is 85.4 Å². The molecule has 8 heteroatoms. The molecule has 0 aliphatic carbocycles. The third-order valence-electron chi connectivity index (χ3n) is 4.56. The van der Waals surface area contributed by atoms with Crippen LogP contribution in [0.15, 0.2) is 36.4 Å². The maximum atomic E-state index is 12.9. The minimum absolute atomic E-state index is 0.0325. The molecule has 0 radical (unpaired) electrons. The third-order valence-corrected chi connectivity index (χ3v) is 4.56. The monoisotopic (exact) mass is 352 g/mol. The molecule has 0 N–H and O–H groups in total. The van der Waals surface area contributed by atoms with Crippen LogP contribution in [-0.4, -0.2) is 37.9 Å². The van der Waals surface area contributed by atoms with Crippen molar-refractivity contribution >= 4 is 29.3 Å². The summed E-state index contributed by atoms with van der Waals surface area (Å²) in [6, 6.07) is 9.75. The molecule has 3 aliphatic heterocycles. The standard InChI is InChI=1S/C18H12N2O6/c21-16-10-3-1-2-4-11(10)17(22)20(16)13-8-15-14(25-9-26-15)7-12(13)19-5-6-24-18(19)23/h1-4,7-8H,5-6,9H2. The van der Waals surface area contributed by atoms with Gasteiger partial charge in [-0.25, -0.2) is 9.69 Å². The van der Waals surface area contributed by atoms with E-state index in [2.05, 4.69) is 0 Å². The van der Waals surface area contributed by atoms with Gasteiger partial charge in [-0.2, -0.15) is 0 Å². The van der Waals surface area contributed by atoms with Crippen molar-refractivity contribution in [2.45, 2.75) is 0 Å². The van der Waals surface area contributed by atoms with Crippen LogP contribution >= 0.6 is 0 Å². The molecule has 1 fully saturated rings.